The first-order valence-corrected chi connectivity index (χ1v) is 10.2. The molecule has 1 amide bonds. The molecule has 4 rings (SSSR count). The van der Waals surface area contributed by atoms with E-state index in [1.54, 1.807) is 12.3 Å². The lowest BCUT2D eigenvalue weighted by molar-refractivity contribution is 0.0950. The summed E-state index contributed by atoms with van der Waals surface area (Å²) in [6, 6.07) is 28.1. The first-order valence-electron chi connectivity index (χ1n) is 10.2. The van der Waals surface area contributed by atoms with Crippen LogP contribution in [0.2, 0.25) is 0 Å². The number of H-pyrrole nitrogens is 1. The van der Waals surface area contributed by atoms with Crippen LogP contribution in [0, 0.1) is 0 Å². The van der Waals surface area contributed by atoms with E-state index in [1.807, 2.05) is 54.6 Å². The average Bonchev–Trinajstić information content (AvgIpc) is 3.31. The molecule has 154 valence electrons. The molecule has 31 heavy (non-hydrogen) atoms. The second-order valence-corrected chi connectivity index (χ2v) is 7.63. The summed E-state index contributed by atoms with van der Waals surface area (Å²) in [6.45, 7) is 4.30. The van der Waals surface area contributed by atoms with Crippen molar-refractivity contribution in [2.75, 3.05) is 0 Å². The van der Waals surface area contributed by atoms with Crippen molar-refractivity contribution in [3.8, 4) is 22.4 Å². The van der Waals surface area contributed by atoms with Gasteiger partial charge in [-0.05, 0) is 34.2 Å². The molecule has 0 radical (unpaired) electrons. The number of hydrogen-bond acceptors (Lipinski definition) is 3. The molecule has 2 N–H and O–H groups in total. The largest absolute Gasteiger partial charge is 0.289 e. The molecule has 0 saturated carbocycles. The lowest BCUT2D eigenvalue weighted by Crippen LogP contribution is -2.18. The molecule has 0 unspecified atom stereocenters. The number of hydrazone groups is 1. The lowest BCUT2D eigenvalue weighted by atomic mass is 10.0. The van der Waals surface area contributed by atoms with Crippen LogP contribution in [0.1, 0.15) is 41.4 Å². The van der Waals surface area contributed by atoms with Crippen LogP contribution in [0.4, 0.5) is 0 Å². The van der Waals surface area contributed by atoms with Crippen molar-refractivity contribution < 1.29 is 4.79 Å². The predicted octanol–water partition coefficient (Wildman–Crippen LogP) is 5.63. The fraction of sp³-hybridized carbons (Fsp3) is 0.115. The number of hydrogen-bond donors (Lipinski definition) is 2. The molecule has 5 heteroatoms. The van der Waals surface area contributed by atoms with Gasteiger partial charge in [0, 0.05) is 5.56 Å². The highest BCUT2D eigenvalue weighted by Gasteiger charge is 2.10. The Kier molecular flexibility index (Phi) is 6.03. The van der Waals surface area contributed by atoms with Gasteiger partial charge in [0.1, 0.15) is 5.69 Å². The van der Waals surface area contributed by atoms with Crippen LogP contribution in [-0.4, -0.2) is 22.3 Å². The van der Waals surface area contributed by atoms with Gasteiger partial charge in [0.15, 0.2) is 0 Å². The minimum atomic E-state index is -0.338. The zero-order chi connectivity index (χ0) is 21.6. The number of amides is 1. The number of nitrogens with zero attached hydrogens (tertiary/aromatic N) is 2. The second kappa shape index (κ2) is 9.22. The van der Waals surface area contributed by atoms with Crippen molar-refractivity contribution in [2.24, 2.45) is 5.10 Å². The lowest BCUT2D eigenvalue weighted by Gasteiger charge is -2.04. The number of rotatable bonds is 6. The summed E-state index contributed by atoms with van der Waals surface area (Å²) in [7, 11) is 0. The van der Waals surface area contributed by atoms with Gasteiger partial charge in [0.25, 0.3) is 5.91 Å². The molecule has 0 fully saturated rings. The maximum Gasteiger partial charge on any atom is 0.289 e. The fourth-order valence-electron chi connectivity index (χ4n) is 3.24. The van der Waals surface area contributed by atoms with Gasteiger partial charge in [-0.2, -0.15) is 10.2 Å². The van der Waals surface area contributed by atoms with Crippen LogP contribution >= 0.6 is 0 Å². The minimum Gasteiger partial charge on any atom is -0.272 e. The summed E-state index contributed by atoms with van der Waals surface area (Å²) >= 11 is 0. The van der Waals surface area contributed by atoms with E-state index in [4.69, 9.17) is 0 Å². The van der Waals surface area contributed by atoms with Gasteiger partial charge in [-0.3, -0.25) is 9.89 Å². The van der Waals surface area contributed by atoms with E-state index in [1.165, 1.54) is 5.56 Å². The van der Waals surface area contributed by atoms with Gasteiger partial charge in [0.05, 0.1) is 11.9 Å². The number of aromatic nitrogens is 2. The summed E-state index contributed by atoms with van der Waals surface area (Å²) in [4.78, 5) is 12.4. The normalized spacial score (nSPS) is 11.2. The quantitative estimate of drug-likeness (QED) is 0.321. The summed E-state index contributed by atoms with van der Waals surface area (Å²) in [5.41, 5.74) is 9.02. The Morgan fingerprint density at radius 2 is 1.55 bits per heavy atom. The molecule has 0 bridgehead atoms. The summed E-state index contributed by atoms with van der Waals surface area (Å²) in [6.07, 6.45) is 1.63. The van der Waals surface area contributed by atoms with Gasteiger partial charge < -0.3 is 0 Å². The molecule has 1 aromatic heterocycles. The third kappa shape index (κ3) is 4.95. The molecular formula is C26H24N4O. The fourth-order valence-corrected chi connectivity index (χ4v) is 3.24. The number of nitrogens with one attached hydrogen (secondary N) is 2. The molecule has 0 aliphatic rings. The molecule has 5 nitrogen and oxygen atoms in total. The highest BCUT2D eigenvalue weighted by atomic mass is 16.2. The Bertz CT molecular complexity index is 1170. The van der Waals surface area contributed by atoms with E-state index in [0.29, 0.717) is 17.3 Å². The average molecular weight is 409 g/mol. The standard InChI is InChI=1S/C26H24N4O/c1-18(2)20-10-8-19(9-11-20)17-27-30-26(31)25-16-24(28-29-25)23-14-12-22(13-15-23)21-6-4-3-5-7-21/h3-18H,1-2H3,(H,28,29)(H,30,31). The SMILES string of the molecule is CC(C)c1ccc(C=NNC(=O)c2cc(-c3ccc(-c4ccccc4)cc3)n[nH]2)cc1. The van der Waals surface area contributed by atoms with E-state index in [2.05, 4.69) is 58.8 Å². The van der Waals surface area contributed by atoms with Crippen molar-refractivity contribution in [2.45, 2.75) is 19.8 Å². The molecule has 1 heterocycles. The third-order valence-electron chi connectivity index (χ3n) is 5.09. The molecule has 0 saturated heterocycles. The molecule has 0 atom stereocenters. The van der Waals surface area contributed by atoms with Crippen LogP contribution in [0.15, 0.2) is 90.0 Å². The van der Waals surface area contributed by atoms with Crippen LogP contribution in [0.25, 0.3) is 22.4 Å². The molecular weight excluding hydrogens is 384 g/mol. The van der Waals surface area contributed by atoms with Crippen molar-refractivity contribution >= 4 is 12.1 Å². The summed E-state index contributed by atoms with van der Waals surface area (Å²) < 4.78 is 0. The van der Waals surface area contributed by atoms with Gasteiger partial charge in [-0.25, -0.2) is 5.43 Å². The van der Waals surface area contributed by atoms with Gasteiger partial charge in [-0.15, -0.1) is 0 Å². The Balaban J connectivity index is 1.39. The summed E-state index contributed by atoms with van der Waals surface area (Å²) in [5, 5.41) is 11.1. The highest BCUT2D eigenvalue weighted by Crippen LogP contribution is 2.24. The van der Waals surface area contributed by atoms with Crippen LogP contribution in [-0.2, 0) is 0 Å². The molecule has 0 spiro atoms. The molecule has 4 aromatic rings. The predicted molar refractivity (Wildman–Crippen MR) is 125 cm³/mol. The van der Waals surface area contributed by atoms with Gasteiger partial charge in [0.2, 0.25) is 0 Å². The zero-order valence-electron chi connectivity index (χ0n) is 17.5. The van der Waals surface area contributed by atoms with Crippen molar-refractivity contribution in [3.05, 3.63) is 102 Å². The van der Waals surface area contributed by atoms with Crippen LogP contribution in [0.3, 0.4) is 0 Å². The second-order valence-electron chi connectivity index (χ2n) is 7.63. The Morgan fingerprint density at radius 1 is 0.903 bits per heavy atom. The van der Waals surface area contributed by atoms with Crippen LogP contribution in [0.5, 0.6) is 0 Å². The smallest absolute Gasteiger partial charge is 0.272 e. The van der Waals surface area contributed by atoms with Gasteiger partial charge in [-0.1, -0.05) is 92.7 Å². The Labute approximate surface area is 181 Å². The summed E-state index contributed by atoms with van der Waals surface area (Å²) in [5.74, 6) is 0.143. The third-order valence-corrected chi connectivity index (χ3v) is 5.09. The van der Waals surface area contributed by atoms with E-state index < -0.39 is 0 Å². The molecule has 3 aromatic carbocycles. The zero-order valence-corrected chi connectivity index (χ0v) is 17.5. The highest BCUT2D eigenvalue weighted by molar-refractivity contribution is 5.94. The van der Waals surface area contributed by atoms with Crippen molar-refractivity contribution in [1.29, 1.82) is 0 Å². The number of benzene rings is 3. The van der Waals surface area contributed by atoms with E-state index >= 15 is 0 Å². The van der Waals surface area contributed by atoms with Crippen molar-refractivity contribution in [3.63, 3.8) is 0 Å². The minimum absolute atomic E-state index is 0.338. The molecule has 0 aliphatic heterocycles. The van der Waals surface area contributed by atoms with Crippen LogP contribution < -0.4 is 5.43 Å². The monoisotopic (exact) mass is 408 g/mol. The molecule has 0 aliphatic carbocycles. The van der Waals surface area contributed by atoms with E-state index in [-0.39, 0.29) is 5.91 Å². The number of carbonyl (C=O) groups excluding carboxylic acids is 1. The Hall–Kier alpha value is -3.99. The Morgan fingerprint density at radius 3 is 2.23 bits per heavy atom. The van der Waals surface area contributed by atoms with Crippen molar-refractivity contribution in [1.82, 2.24) is 15.6 Å². The topological polar surface area (TPSA) is 70.1 Å². The van der Waals surface area contributed by atoms with Gasteiger partial charge >= 0.3 is 0 Å². The van der Waals surface area contributed by atoms with E-state index in [9.17, 15) is 4.79 Å². The first-order chi connectivity index (χ1) is 15.1. The maximum atomic E-state index is 12.4. The van der Waals surface area contributed by atoms with E-state index in [0.717, 1.165) is 22.3 Å². The number of aromatic amines is 1. The first kappa shape index (κ1) is 20.3. The maximum absolute atomic E-state index is 12.4. The number of carbonyl (C=O) groups is 1.